The van der Waals surface area contributed by atoms with Crippen molar-refractivity contribution in [1.82, 2.24) is 0 Å². The fraction of sp³-hybridized carbons (Fsp3) is 0.400. The highest BCUT2D eigenvalue weighted by Gasteiger charge is 2.25. The number of hydrogen-bond donors (Lipinski definition) is 0. The van der Waals surface area contributed by atoms with Crippen LogP contribution in [0.25, 0.3) is 0 Å². The van der Waals surface area contributed by atoms with Crippen LogP contribution in [0.1, 0.15) is 54.2 Å². The molecular formula is C20H24Br2. The molecular weight excluding hydrogens is 400 g/mol. The lowest BCUT2D eigenvalue weighted by Crippen LogP contribution is -2.07. The van der Waals surface area contributed by atoms with Crippen molar-refractivity contribution in [3.8, 4) is 0 Å². The summed E-state index contributed by atoms with van der Waals surface area (Å²) in [7, 11) is 0. The molecule has 2 rings (SSSR count). The molecule has 2 aromatic rings. The van der Waals surface area contributed by atoms with Crippen LogP contribution in [0.15, 0.2) is 24.3 Å². The molecule has 0 bridgehead atoms. The van der Waals surface area contributed by atoms with E-state index in [0.717, 1.165) is 0 Å². The number of rotatable bonds is 3. The average Bonchev–Trinajstić information content (AvgIpc) is 2.35. The highest BCUT2D eigenvalue weighted by Crippen LogP contribution is 2.46. The summed E-state index contributed by atoms with van der Waals surface area (Å²) in [5.41, 5.74) is 10.9. The van der Waals surface area contributed by atoms with Gasteiger partial charge in [0.2, 0.25) is 0 Å². The lowest BCUT2D eigenvalue weighted by Gasteiger charge is -2.25. The van der Waals surface area contributed by atoms with Gasteiger partial charge in [0.05, 0.1) is 9.65 Å². The molecule has 0 aromatic heterocycles. The topological polar surface area (TPSA) is 0 Å². The zero-order chi connectivity index (χ0) is 16.6. The van der Waals surface area contributed by atoms with Crippen molar-refractivity contribution in [2.24, 2.45) is 0 Å². The van der Waals surface area contributed by atoms with Gasteiger partial charge in [-0.25, -0.2) is 0 Å². The van der Waals surface area contributed by atoms with Crippen molar-refractivity contribution in [3.63, 3.8) is 0 Å². The van der Waals surface area contributed by atoms with Crippen LogP contribution in [-0.2, 0) is 0 Å². The van der Waals surface area contributed by atoms with E-state index >= 15 is 0 Å². The predicted octanol–water partition coefficient (Wildman–Crippen LogP) is 7.11. The summed E-state index contributed by atoms with van der Waals surface area (Å²) in [6.45, 7) is 13.1. The molecule has 22 heavy (non-hydrogen) atoms. The van der Waals surface area contributed by atoms with Gasteiger partial charge in [0, 0.05) is 0 Å². The van der Waals surface area contributed by atoms with E-state index in [4.69, 9.17) is 0 Å². The van der Waals surface area contributed by atoms with Gasteiger partial charge in [-0.1, -0.05) is 67.3 Å². The van der Waals surface area contributed by atoms with E-state index in [1.807, 2.05) is 0 Å². The minimum Gasteiger partial charge on any atom is -0.0823 e. The lowest BCUT2D eigenvalue weighted by molar-refractivity contribution is 0.897. The molecule has 0 aliphatic heterocycles. The SMILES string of the molecule is Cc1cc(C)c([C@@H](Br)[C@H](Br)c2c(C)cc(C)cc2C)c(C)c1. The first-order valence-corrected chi connectivity index (χ1v) is 9.49. The van der Waals surface area contributed by atoms with Gasteiger partial charge in [-0.3, -0.25) is 0 Å². The van der Waals surface area contributed by atoms with E-state index < -0.39 is 0 Å². The number of aryl methyl sites for hydroxylation is 6. The van der Waals surface area contributed by atoms with Crippen LogP contribution in [0.4, 0.5) is 0 Å². The third-order valence-electron chi connectivity index (χ3n) is 4.28. The molecule has 0 nitrogen and oxygen atoms in total. The Labute approximate surface area is 151 Å². The summed E-state index contributed by atoms with van der Waals surface area (Å²) < 4.78 is 0. The fourth-order valence-corrected chi connectivity index (χ4v) is 5.52. The average molecular weight is 424 g/mol. The maximum atomic E-state index is 3.95. The van der Waals surface area contributed by atoms with Crippen LogP contribution in [0, 0.1) is 41.5 Å². The van der Waals surface area contributed by atoms with E-state index in [2.05, 4.69) is 97.7 Å². The van der Waals surface area contributed by atoms with Crippen LogP contribution in [0.5, 0.6) is 0 Å². The van der Waals surface area contributed by atoms with Crippen LogP contribution in [0.2, 0.25) is 0 Å². The Hall–Kier alpha value is -0.600. The van der Waals surface area contributed by atoms with E-state index in [0.29, 0.717) is 0 Å². The molecule has 0 N–H and O–H groups in total. The quantitative estimate of drug-likeness (QED) is 0.461. The Balaban J connectivity index is 2.49. The molecule has 0 fully saturated rings. The number of alkyl halides is 2. The molecule has 0 radical (unpaired) electrons. The van der Waals surface area contributed by atoms with E-state index in [1.165, 1.54) is 44.5 Å². The van der Waals surface area contributed by atoms with Gasteiger partial charge in [0.25, 0.3) is 0 Å². The van der Waals surface area contributed by atoms with Crippen LogP contribution < -0.4 is 0 Å². The second-order valence-corrected chi connectivity index (χ2v) is 8.40. The normalized spacial score (nSPS) is 14.0. The molecule has 0 saturated heterocycles. The summed E-state index contributed by atoms with van der Waals surface area (Å²) >= 11 is 7.91. The Morgan fingerprint density at radius 2 is 0.773 bits per heavy atom. The zero-order valence-electron chi connectivity index (χ0n) is 14.2. The van der Waals surface area contributed by atoms with Crippen molar-refractivity contribution in [3.05, 3.63) is 68.8 Å². The molecule has 0 saturated carbocycles. The van der Waals surface area contributed by atoms with Gasteiger partial charge in [0.15, 0.2) is 0 Å². The zero-order valence-corrected chi connectivity index (χ0v) is 17.4. The summed E-state index contributed by atoms with van der Waals surface area (Å²) in [5.74, 6) is 0. The lowest BCUT2D eigenvalue weighted by atomic mass is 9.90. The minimum absolute atomic E-state index is 0.258. The first-order valence-electron chi connectivity index (χ1n) is 7.66. The number of hydrogen-bond acceptors (Lipinski definition) is 0. The second-order valence-electron chi connectivity index (χ2n) is 6.43. The highest BCUT2D eigenvalue weighted by molar-refractivity contribution is 9.12. The molecule has 118 valence electrons. The standard InChI is InChI=1S/C20H24Br2/c1-11-7-13(3)17(14(4)8-11)19(21)20(22)18-15(5)9-12(2)10-16(18)6/h7-10,19-20H,1-6H3/t19-,20-/m1/s1. The van der Waals surface area contributed by atoms with Crippen LogP contribution in [0.3, 0.4) is 0 Å². The van der Waals surface area contributed by atoms with Gasteiger partial charge in [-0.2, -0.15) is 0 Å². The van der Waals surface area contributed by atoms with Gasteiger partial charge in [-0.15, -0.1) is 0 Å². The van der Waals surface area contributed by atoms with E-state index in [9.17, 15) is 0 Å². The summed E-state index contributed by atoms with van der Waals surface area (Å²) in [4.78, 5) is 0.515. The molecule has 0 amide bonds. The third kappa shape index (κ3) is 3.49. The Bertz CT molecular complexity index is 593. The smallest absolute Gasteiger partial charge is 0.0566 e. The van der Waals surface area contributed by atoms with Crippen molar-refractivity contribution in [1.29, 1.82) is 0 Å². The van der Waals surface area contributed by atoms with Crippen molar-refractivity contribution >= 4 is 31.9 Å². The van der Waals surface area contributed by atoms with Gasteiger partial charge in [-0.05, 0) is 74.9 Å². The van der Waals surface area contributed by atoms with Crippen molar-refractivity contribution in [2.75, 3.05) is 0 Å². The molecule has 2 atom stereocenters. The van der Waals surface area contributed by atoms with Gasteiger partial charge < -0.3 is 0 Å². The van der Waals surface area contributed by atoms with Gasteiger partial charge >= 0.3 is 0 Å². The Morgan fingerprint density at radius 1 is 0.545 bits per heavy atom. The fourth-order valence-electron chi connectivity index (χ4n) is 3.55. The maximum absolute atomic E-state index is 3.95. The highest BCUT2D eigenvalue weighted by atomic mass is 79.9. The van der Waals surface area contributed by atoms with E-state index in [-0.39, 0.29) is 9.65 Å². The van der Waals surface area contributed by atoms with Crippen LogP contribution in [-0.4, -0.2) is 0 Å². The molecule has 0 aliphatic carbocycles. The summed E-state index contributed by atoms with van der Waals surface area (Å²) in [6, 6.07) is 9.08. The Morgan fingerprint density at radius 3 is 1.00 bits per heavy atom. The molecule has 0 unspecified atom stereocenters. The molecule has 0 spiro atoms. The molecule has 0 aliphatic rings. The summed E-state index contributed by atoms with van der Waals surface area (Å²) in [5, 5.41) is 0. The molecule has 2 heteroatoms. The first kappa shape index (κ1) is 17.7. The number of halogens is 2. The number of benzene rings is 2. The second kappa shape index (κ2) is 6.88. The molecule has 0 heterocycles. The van der Waals surface area contributed by atoms with Crippen LogP contribution >= 0.6 is 31.9 Å². The van der Waals surface area contributed by atoms with Gasteiger partial charge in [0.1, 0.15) is 0 Å². The molecule has 2 aromatic carbocycles. The van der Waals surface area contributed by atoms with Crippen molar-refractivity contribution in [2.45, 2.75) is 51.2 Å². The largest absolute Gasteiger partial charge is 0.0823 e. The monoisotopic (exact) mass is 422 g/mol. The minimum atomic E-state index is 0.258. The maximum Gasteiger partial charge on any atom is 0.0566 e. The Kier molecular flexibility index (Phi) is 5.55. The third-order valence-corrected chi connectivity index (χ3v) is 6.97. The predicted molar refractivity (Wildman–Crippen MR) is 105 cm³/mol. The van der Waals surface area contributed by atoms with Crippen molar-refractivity contribution < 1.29 is 0 Å². The first-order chi connectivity index (χ1) is 10.2. The summed E-state index contributed by atoms with van der Waals surface area (Å²) in [6.07, 6.45) is 0. The van der Waals surface area contributed by atoms with E-state index in [1.54, 1.807) is 0 Å².